The SMILES string of the molecule is CNC1CCCN(C(=O)Cn2c(CS(C)(=O)=O)nc3ccccc32)C1.Cl.Cl. The van der Waals surface area contributed by atoms with Gasteiger partial charge in [-0.2, -0.15) is 0 Å². The van der Waals surface area contributed by atoms with Gasteiger partial charge in [-0.25, -0.2) is 13.4 Å². The van der Waals surface area contributed by atoms with Gasteiger partial charge >= 0.3 is 0 Å². The molecule has 1 aromatic carbocycles. The summed E-state index contributed by atoms with van der Waals surface area (Å²) >= 11 is 0. The topological polar surface area (TPSA) is 84.3 Å². The third-order valence-corrected chi connectivity index (χ3v) is 5.38. The second-order valence-electron chi connectivity index (χ2n) is 6.64. The molecule has 1 atom stereocenters. The second kappa shape index (κ2) is 9.73. The van der Waals surface area contributed by atoms with Crippen molar-refractivity contribution in [2.75, 3.05) is 26.4 Å². The number of rotatable bonds is 5. The molecule has 0 radical (unpaired) electrons. The standard InChI is InChI=1S/C17H24N4O3S.2ClH/c1-18-13-6-5-9-20(10-13)17(22)11-21-15-8-4-3-7-14(15)19-16(21)12-25(2,23)24;;/h3-4,7-8,13,18H,5-6,9-12H2,1-2H3;2*1H. The van der Waals surface area contributed by atoms with Crippen LogP contribution in [0.15, 0.2) is 24.3 Å². The van der Waals surface area contributed by atoms with E-state index in [0.717, 1.165) is 24.9 Å². The van der Waals surface area contributed by atoms with Crippen molar-refractivity contribution in [1.29, 1.82) is 0 Å². The molecule has 1 saturated heterocycles. The molecule has 10 heteroatoms. The van der Waals surface area contributed by atoms with Gasteiger partial charge in [-0.05, 0) is 32.0 Å². The van der Waals surface area contributed by atoms with Crippen LogP contribution in [-0.2, 0) is 26.9 Å². The van der Waals surface area contributed by atoms with E-state index in [1.165, 1.54) is 6.26 Å². The number of hydrogen-bond acceptors (Lipinski definition) is 5. The van der Waals surface area contributed by atoms with E-state index in [2.05, 4.69) is 10.3 Å². The van der Waals surface area contributed by atoms with Crippen molar-refractivity contribution < 1.29 is 13.2 Å². The zero-order chi connectivity index (χ0) is 18.0. The summed E-state index contributed by atoms with van der Waals surface area (Å²) in [5, 5.41) is 3.23. The Kier molecular flexibility index (Phi) is 8.53. The molecule has 152 valence electrons. The number of hydrogen-bond donors (Lipinski definition) is 1. The second-order valence-corrected chi connectivity index (χ2v) is 8.78. The lowest BCUT2D eigenvalue weighted by Gasteiger charge is -2.32. The number of aromatic nitrogens is 2. The lowest BCUT2D eigenvalue weighted by atomic mass is 10.1. The fraction of sp³-hybridized carbons (Fsp3) is 0.529. The molecule has 2 aromatic rings. The number of sulfone groups is 1. The number of imidazole rings is 1. The molecule has 1 amide bonds. The van der Waals surface area contributed by atoms with Crippen LogP contribution in [0.2, 0.25) is 0 Å². The van der Waals surface area contributed by atoms with Crippen molar-refractivity contribution in [2.24, 2.45) is 0 Å². The Morgan fingerprint density at radius 3 is 2.67 bits per heavy atom. The number of halogens is 2. The van der Waals surface area contributed by atoms with E-state index < -0.39 is 9.84 Å². The smallest absolute Gasteiger partial charge is 0.242 e. The van der Waals surface area contributed by atoms with E-state index in [-0.39, 0.29) is 43.0 Å². The molecule has 0 spiro atoms. The van der Waals surface area contributed by atoms with Crippen LogP contribution >= 0.6 is 24.8 Å². The Morgan fingerprint density at radius 2 is 2.00 bits per heavy atom. The summed E-state index contributed by atoms with van der Waals surface area (Å²) in [6.07, 6.45) is 3.21. The Balaban J connectivity index is 0.00000182. The number of piperidine rings is 1. The monoisotopic (exact) mass is 436 g/mol. The molecule has 0 saturated carbocycles. The quantitative estimate of drug-likeness (QED) is 0.769. The van der Waals surface area contributed by atoms with E-state index in [1.807, 2.05) is 36.2 Å². The summed E-state index contributed by atoms with van der Waals surface area (Å²) in [6.45, 7) is 1.54. The molecule has 7 nitrogen and oxygen atoms in total. The number of carbonyl (C=O) groups is 1. The van der Waals surface area contributed by atoms with E-state index >= 15 is 0 Å². The molecule has 1 aliphatic heterocycles. The highest BCUT2D eigenvalue weighted by Gasteiger charge is 2.24. The van der Waals surface area contributed by atoms with Crippen LogP contribution in [0.4, 0.5) is 0 Å². The van der Waals surface area contributed by atoms with Gasteiger partial charge in [-0.15, -0.1) is 24.8 Å². The summed E-state index contributed by atoms with van der Waals surface area (Å²) in [4.78, 5) is 19.1. The van der Waals surface area contributed by atoms with Gasteiger partial charge in [-0.3, -0.25) is 4.79 Å². The highest BCUT2D eigenvalue weighted by atomic mass is 35.5. The molecule has 0 bridgehead atoms. The molecule has 1 N–H and O–H groups in total. The molecular formula is C17H26Cl2N4O3S. The largest absolute Gasteiger partial charge is 0.340 e. The predicted octanol–water partition coefficient (Wildman–Crippen LogP) is 1.63. The number of nitrogens with zero attached hydrogens (tertiary/aromatic N) is 3. The van der Waals surface area contributed by atoms with Gasteiger partial charge in [0.05, 0.1) is 11.0 Å². The van der Waals surface area contributed by atoms with Crippen LogP contribution in [0.3, 0.4) is 0 Å². The Labute approximate surface area is 172 Å². The maximum atomic E-state index is 12.8. The normalized spacial score (nSPS) is 17.3. The van der Waals surface area contributed by atoms with Gasteiger partial charge in [-0.1, -0.05) is 12.1 Å². The average Bonchev–Trinajstić information content (AvgIpc) is 2.90. The molecule has 27 heavy (non-hydrogen) atoms. The first-order valence-electron chi connectivity index (χ1n) is 8.44. The number of benzene rings is 1. The van der Waals surface area contributed by atoms with Crippen LogP contribution in [0.1, 0.15) is 18.7 Å². The molecule has 0 aliphatic carbocycles. The van der Waals surface area contributed by atoms with Crippen molar-refractivity contribution in [3.8, 4) is 0 Å². The first-order valence-corrected chi connectivity index (χ1v) is 10.5. The summed E-state index contributed by atoms with van der Waals surface area (Å²) < 4.78 is 25.2. The fourth-order valence-corrected chi connectivity index (χ4v) is 4.01. The van der Waals surface area contributed by atoms with E-state index in [1.54, 1.807) is 4.57 Å². The van der Waals surface area contributed by atoms with Crippen molar-refractivity contribution in [3.63, 3.8) is 0 Å². The number of likely N-dealkylation sites (N-methyl/N-ethyl adjacent to an activating group) is 1. The highest BCUT2D eigenvalue weighted by Crippen LogP contribution is 2.19. The Bertz CT molecular complexity index is 885. The number of nitrogens with one attached hydrogen (secondary N) is 1. The zero-order valence-corrected chi connectivity index (χ0v) is 17.9. The van der Waals surface area contributed by atoms with Crippen molar-refractivity contribution >= 4 is 51.6 Å². The van der Waals surface area contributed by atoms with Gasteiger partial charge in [0.2, 0.25) is 5.91 Å². The maximum Gasteiger partial charge on any atom is 0.242 e. The van der Waals surface area contributed by atoms with Gasteiger partial charge in [0.15, 0.2) is 9.84 Å². The van der Waals surface area contributed by atoms with E-state index in [4.69, 9.17) is 0 Å². The predicted molar refractivity (Wildman–Crippen MR) is 111 cm³/mol. The Morgan fingerprint density at radius 1 is 1.30 bits per heavy atom. The fourth-order valence-electron chi connectivity index (χ4n) is 3.32. The highest BCUT2D eigenvalue weighted by molar-refractivity contribution is 7.89. The summed E-state index contributed by atoms with van der Waals surface area (Å²) in [5.74, 6) is 0.241. The first-order chi connectivity index (χ1) is 11.9. The van der Waals surface area contributed by atoms with Crippen LogP contribution in [0.25, 0.3) is 11.0 Å². The number of fused-ring (bicyclic) bond motifs is 1. The third kappa shape index (κ3) is 5.81. The number of amides is 1. The summed E-state index contributed by atoms with van der Waals surface area (Å²) in [5.41, 5.74) is 1.50. The van der Waals surface area contributed by atoms with Crippen LogP contribution in [0, 0.1) is 0 Å². The Hall–Kier alpha value is -1.35. The maximum absolute atomic E-state index is 12.8. The minimum Gasteiger partial charge on any atom is -0.340 e. The molecule has 1 fully saturated rings. The van der Waals surface area contributed by atoms with Crippen molar-refractivity contribution in [2.45, 2.75) is 31.2 Å². The lowest BCUT2D eigenvalue weighted by Crippen LogP contribution is -2.48. The molecule has 2 heterocycles. The van der Waals surface area contributed by atoms with Gasteiger partial charge in [0.25, 0.3) is 0 Å². The molecule has 3 rings (SSSR count). The summed E-state index contributed by atoms with van der Waals surface area (Å²) in [6, 6.07) is 7.74. The number of para-hydroxylation sites is 2. The minimum absolute atomic E-state index is 0. The number of carbonyl (C=O) groups excluding carboxylic acids is 1. The van der Waals surface area contributed by atoms with Gasteiger partial charge in [0, 0.05) is 25.4 Å². The van der Waals surface area contributed by atoms with Gasteiger partial charge < -0.3 is 14.8 Å². The molecule has 1 aromatic heterocycles. The zero-order valence-electron chi connectivity index (χ0n) is 15.4. The third-order valence-electron chi connectivity index (χ3n) is 4.60. The van der Waals surface area contributed by atoms with Crippen molar-refractivity contribution in [3.05, 3.63) is 30.1 Å². The number of likely N-dealkylation sites (tertiary alicyclic amines) is 1. The van der Waals surface area contributed by atoms with E-state index in [0.29, 0.717) is 23.9 Å². The van der Waals surface area contributed by atoms with Crippen molar-refractivity contribution in [1.82, 2.24) is 19.8 Å². The van der Waals surface area contributed by atoms with E-state index in [9.17, 15) is 13.2 Å². The molecule has 1 unspecified atom stereocenters. The van der Waals surface area contributed by atoms with Crippen LogP contribution in [0.5, 0.6) is 0 Å². The minimum atomic E-state index is -3.24. The molecular weight excluding hydrogens is 411 g/mol. The average molecular weight is 437 g/mol. The van der Waals surface area contributed by atoms with Crippen LogP contribution < -0.4 is 5.32 Å². The summed E-state index contributed by atoms with van der Waals surface area (Å²) in [7, 11) is -1.33. The van der Waals surface area contributed by atoms with Crippen LogP contribution in [-0.4, -0.2) is 61.2 Å². The lowest BCUT2D eigenvalue weighted by molar-refractivity contribution is -0.133. The first kappa shape index (κ1) is 23.7. The molecule has 1 aliphatic rings. The van der Waals surface area contributed by atoms with Gasteiger partial charge in [0.1, 0.15) is 18.1 Å².